The van der Waals surface area contributed by atoms with Crippen LogP contribution in [-0.4, -0.2) is 29.9 Å². The van der Waals surface area contributed by atoms with Crippen molar-refractivity contribution in [2.75, 3.05) is 13.1 Å². The quantitative estimate of drug-likeness (QED) is 0.759. The molecule has 0 spiro atoms. The van der Waals surface area contributed by atoms with E-state index in [2.05, 4.69) is 18.7 Å². The fraction of sp³-hybridized carbons (Fsp3) is 0.933. The number of rotatable bonds is 7. The number of piperidine rings is 1. The Bertz CT molecular complexity index is 241. The highest BCUT2D eigenvalue weighted by molar-refractivity contribution is 5.79. The molecule has 1 fully saturated rings. The number of carbonyl (C=O) groups excluding carboxylic acids is 1. The Balaban J connectivity index is 2.59. The van der Waals surface area contributed by atoms with Gasteiger partial charge in [-0.1, -0.05) is 26.7 Å². The summed E-state index contributed by atoms with van der Waals surface area (Å²) in [7, 11) is 0. The van der Waals surface area contributed by atoms with Gasteiger partial charge in [0.15, 0.2) is 0 Å². The largest absolute Gasteiger partial charge is 0.339 e. The molecule has 0 aliphatic carbocycles. The predicted octanol–water partition coefficient (Wildman–Crippen LogP) is 2.93. The number of unbranched alkanes of at least 4 members (excludes halogenated alkanes) is 1. The molecule has 1 aliphatic rings. The van der Waals surface area contributed by atoms with Gasteiger partial charge in [-0.2, -0.15) is 0 Å². The predicted molar refractivity (Wildman–Crippen MR) is 76.3 cm³/mol. The van der Waals surface area contributed by atoms with Crippen molar-refractivity contribution < 1.29 is 4.79 Å². The average Bonchev–Trinajstić information content (AvgIpc) is 2.40. The fourth-order valence-corrected chi connectivity index (χ4v) is 2.97. The monoisotopic (exact) mass is 254 g/mol. The Morgan fingerprint density at radius 2 is 2.17 bits per heavy atom. The highest BCUT2D eigenvalue weighted by atomic mass is 16.2. The van der Waals surface area contributed by atoms with Gasteiger partial charge in [-0.25, -0.2) is 0 Å². The van der Waals surface area contributed by atoms with Crippen LogP contribution >= 0.6 is 0 Å². The summed E-state index contributed by atoms with van der Waals surface area (Å²) in [5, 5.41) is 0. The highest BCUT2D eigenvalue weighted by Crippen LogP contribution is 2.24. The summed E-state index contributed by atoms with van der Waals surface area (Å²) in [5.74, 6) is 0.632. The third kappa shape index (κ3) is 4.27. The number of carbonyl (C=O) groups is 1. The lowest BCUT2D eigenvalue weighted by Crippen LogP contribution is -2.47. The Labute approximate surface area is 112 Å². The first-order chi connectivity index (χ1) is 8.74. The third-order valence-corrected chi connectivity index (χ3v) is 4.16. The third-order valence-electron chi connectivity index (χ3n) is 4.16. The molecule has 18 heavy (non-hydrogen) atoms. The standard InChI is InChI=1S/C15H30N2O/c1-3-5-8-13(4-2)15(18)17-12-7-6-9-14(17)10-11-16/h13-14H,3-12,16H2,1-2H3. The molecular formula is C15H30N2O. The van der Waals surface area contributed by atoms with Crippen LogP contribution in [0.15, 0.2) is 0 Å². The van der Waals surface area contributed by atoms with Gasteiger partial charge < -0.3 is 10.6 Å². The number of likely N-dealkylation sites (tertiary alicyclic amines) is 1. The molecule has 1 aliphatic heterocycles. The van der Waals surface area contributed by atoms with Gasteiger partial charge in [0.1, 0.15) is 0 Å². The molecular weight excluding hydrogens is 224 g/mol. The molecule has 1 saturated heterocycles. The van der Waals surface area contributed by atoms with E-state index in [0.717, 1.165) is 38.6 Å². The maximum atomic E-state index is 12.6. The Morgan fingerprint density at radius 3 is 2.78 bits per heavy atom. The van der Waals surface area contributed by atoms with Gasteiger partial charge in [-0.15, -0.1) is 0 Å². The smallest absolute Gasteiger partial charge is 0.225 e. The van der Waals surface area contributed by atoms with E-state index in [9.17, 15) is 4.79 Å². The summed E-state index contributed by atoms with van der Waals surface area (Å²) >= 11 is 0. The minimum atomic E-state index is 0.239. The zero-order chi connectivity index (χ0) is 13.4. The molecule has 0 bridgehead atoms. The second kappa shape index (κ2) is 8.52. The number of amides is 1. The second-order valence-corrected chi connectivity index (χ2v) is 5.51. The summed E-state index contributed by atoms with van der Waals surface area (Å²) in [6.07, 6.45) is 8.90. The van der Waals surface area contributed by atoms with Crippen molar-refractivity contribution in [1.29, 1.82) is 0 Å². The molecule has 2 unspecified atom stereocenters. The zero-order valence-electron chi connectivity index (χ0n) is 12.2. The van der Waals surface area contributed by atoms with E-state index in [-0.39, 0.29) is 5.92 Å². The van der Waals surface area contributed by atoms with Crippen LogP contribution in [0.5, 0.6) is 0 Å². The molecule has 0 saturated carbocycles. The number of hydrogen-bond donors (Lipinski definition) is 1. The molecule has 2 N–H and O–H groups in total. The first-order valence-corrected chi connectivity index (χ1v) is 7.75. The molecule has 3 nitrogen and oxygen atoms in total. The van der Waals surface area contributed by atoms with Crippen LogP contribution in [0.2, 0.25) is 0 Å². The van der Waals surface area contributed by atoms with Gasteiger partial charge >= 0.3 is 0 Å². The van der Waals surface area contributed by atoms with Crippen LogP contribution in [0, 0.1) is 5.92 Å². The molecule has 0 radical (unpaired) electrons. The molecule has 1 heterocycles. The lowest BCUT2D eigenvalue weighted by Gasteiger charge is -2.38. The first kappa shape index (κ1) is 15.5. The van der Waals surface area contributed by atoms with Gasteiger partial charge in [0.05, 0.1) is 0 Å². The normalized spacial score (nSPS) is 21.9. The van der Waals surface area contributed by atoms with Crippen molar-refractivity contribution in [3.63, 3.8) is 0 Å². The summed E-state index contributed by atoms with van der Waals surface area (Å²) < 4.78 is 0. The van der Waals surface area contributed by atoms with Gasteiger partial charge in [0, 0.05) is 18.5 Å². The topological polar surface area (TPSA) is 46.3 Å². The first-order valence-electron chi connectivity index (χ1n) is 7.75. The zero-order valence-corrected chi connectivity index (χ0v) is 12.2. The van der Waals surface area contributed by atoms with Crippen molar-refractivity contribution in [2.45, 2.75) is 71.3 Å². The molecule has 0 aromatic heterocycles. The second-order valence-electron chi connectivity index (χ2n) is 5.51. The SMILES string of the molecule is CCCCC(CC)C(=O)N1CCCCC1CCN. The van der Waals surface area contributed by atoms with Gasteiger partial charge in [0.2, 0.25) is 5.91 Å². The summed E-state index contributed by atoms with van der Waals surface area (Å²) in [6, 6.07) is 0.409. The van der Waals surface area contributed by atoms with E-state index in [0.29, 0.717) is 18.5 Å². The van der Waals surface area contributed by atoms with Crippen molar-refractivity contribution in [1.82, 2.24) is 4.90 Å². The lowest BCUT2D eigenvalue weighted by atomic mass is 9.93. The van der Waals surface area contributed by atoms with Crippen LogP contribution in [0.1, 0.15) is 65.2 Å². The minimum Gasteiger partial charge on any atom is -0.339 e. The Kier molecular flexibility index (Phi) is 7.33. The Hall–Kier alpha value is -0.570. The minimum absolute atomic E-state index is 0.239. The van der Waals surface area contributed by atoms with Crippen LogP contribution in [0.25, 0.3) is 0 Å². The average molecular weight is 254 g/mol. The van der Waals surface area contributed by atoms with Crippen LogP contribution in [-0.2, 0) is 4.79 Å². The lowest BCUT2D eigenvalue weighted by molar-refractivity contribution is -0.139. The molecule has 0 aromatic carbocycles. The van der Waals surface area contributed by atoms with E-state index >= 15 is 0 Å². The van der Waals surface area contributed by atoms with E-state index in [1.165, 1.54) is 19.3 Å². The van der Waals surface area contributed by atoms with Gasteiger partial charge in [-0.3, -0.25) is 4.79 Å². The van der Waals surface area contributed by atoms with Gasteiger partial charge in [0.25, 0.3) is 0 Å². The highest BCUT2D eigenvalue weighted by Gasteiger charge is 2.29. The number of nitrogens with two attached hydrogens (primary N) is 1. The summed E-state index contributed by atoms with van der Waals surface area (Å²) in [5.41, 5.74) is 5.67. The summed E-state index contributed by atoms with van der Waals surface area (Å²) in [4.78, 5) is 14.7. The molecule has 2 atom stereocenters. The number of hydrogen-bond acceptors (Lipinski definition) is 2. The van der Waals surface area contributed by atoms with Crippen LogP contribution in [0.4, 0.5) is 0 Å². The maximum absolute atomic E-state index is 12.6. The Morgan fingerprint density at radius 1 is 1.39 bits per heavy atom. The molecule has 3 heteroatoms. The van der Waals surface area contributed by atoms with Crippen LogP contribution < -0.4 is 5.73 Å². The maximum Gasteiger partial charge on any atom is 0.225 e. The molecule has 1 amide bonds. The van der Waals surface area contributed by atoms with E-state index in [1.807, 2.05) is 0 Å². The molecule has 0 aromatic rings. The van der Waals surface area contributed by atoms with Gasteiger partial charge in [-0.05, 0) is 45.1 Å². The van der Waals surface area contributed by atoms with Crippen molar-refractivity contribution in [3.05, 3.63) is 0 Å². The van der Waals surface area contributed by atoms with Crippen molar-refractivity contribution >= 4 is 5.91 Å². The number of nitrogens with zero attached hydrogens (tertiary/aromatic N) is 1. The molecule has 106 valence electrons. The fourth-order valence-electron chi connectivity index (χ4n) is 2.97. The van der Waals surface area contributed by atoms with Crippen LogP contribution in [0.3, 0.4) is 0 Å². The van der Waals surface area contributed by atoms with E-state index < -0.39 is 0 Å². The van der Waals surface area contributed by atoms with Crippen molar-refractivity contribution in [2.24, 2.45) is 11.7 Å². The summed E-state index contributed by atoms with van der Waals surface area (Å²) in [6.45, 7) is 5.97. The van der Waals surface area contributed by atoms with E-state index in [4.69, 9.17) is 5.73 Å². The van der Waals surface area contributed by atoms with Crippen molar-refractivity contribution in [3.8, 4) is 0 Å². The van der Waals surface area contributed by atoms with E-state index in [1.54, 1.807) is 0 Å². The molecule has 1 rings (SSSR count).